The average Bonchev–Trinajstić information content (AvgIpc) is 3.32. The van der Waals surface area contributed by atoms with Gasteiger partial charge in [0.15, 0.2) is 0 Å². The van der Waals surface area contributed by atoms with Crippen LogP contribution in [-0.2, 0) is 0 Å². The maximum atomic E-state index is 13.0. The fourth-order valence-corrected chi connectivity index (χ4v) is 4.84. The number of likely N-dealkylation sites (tertiary alicyclic amines) is 1. The molecule has 120 valence electrons. The molecule has 0 unspecified atom stereocenters. The van der Waals surface area contributed by atoms with Crippen LogP contribution in [0.15, 0.2) is 6.07 Å². The molecule has 0 aromatic carbocycles. The molecule has 2 heterocycles. The molecule has 4 rings (SSSR count). The van der Waals surface area contributed by atoms with Crippen molar-refractivity contribution in [1.29, 1.82) is 0 Å². The summed E-state index contributed by atoms with van der Waals surface area (Å²) in [4.78, 5) is 15.2. The number of fused-ring (bicyclic) bond motifs is 1. The fourth-order valence-electron chi connectivity index (χ4n) is 4.84. The molecule has 0 spiro atoms. The summed E-state index contributed by atoms with van der Waals surface area (Å²) >= 11 is 0. The predicted octanol–water partition coefficient (Wildman–Crippen LogP) is 4.09. The Kier molecular flexibility index (Phi) is 3.54. The molecule has 3 aliphatic rings. The average molecular weight is 300 g/mol. The molecule has 2 atom stereocenters. The van der Waals surface area contributed by atoms with Gasteiger partial charge < -0.3 is 9.47 Å². The van der Waals surface area contributed by atoms with Crippen molar-refractivity contribution in [1.82, 2.24) is 9.47 Å². The number of aryl methyl sites for hydroxylation is 1. The molecule has 0 bridgehead atoms. The molecular formula is C19H28N2O. The third-order valence-electron chi connectivity index (χ3n) is 6.21. The first kappa shape index (κ1) is 14.3. The molecular weight excluding hydrogens is 272 g/mol. The van der Waals surface area contributed by atoms with Crippen LogP contribution < -0.4 is 0 Å². The zero-order chi connectivity index (χ0) is 15.3. The molecule has 1 amide bonds. The molecule has 2 aliphatic carbocycles. The number of hydrogen-bond donors (Lipinski definition) is 0. The van der Waals surface area contributed by atoms with Crippen LogP contribution in [-0.4, -0.2) is 28.5 Å². The van der Waals surface area contributed by atoms with Crippen LogP contribution in [0.4, 0.5) is 0 Å². The highest BCUT2D eigenvalue weighted by Crippen LogP contribution is 2.39. The number of carbonyl (C=O) groups excluding carboxylic acids is 1. The summed E-state index contributed by atoms with van der Waals surface area (Å²) in [6.07, 6.45) is 9.25. The van der Waals surface area contributed by atoms with Gasteiger partial charge in [-0.2, -0.15) is 0 Å². The van der Waals surface area contributed by atoms with Crippen molar-refractivity contribution in [3.8, 4) is 0 Å². The molecule has 1 aliphatic heterocycles. The lowest BCUT2D eigenvalue weighted by Crippen LogP contribution is -2.44. The lowest BCUT2D eigenvalue weighted by Gasteiger charge is -2.41. The zero-order valence-electron chi connectivity index (χ0n) is 14.0. The monoisotopic (exact) mass is 300 g/mol. The highest BCUT2D eigenvalue weighted by Gasteiger charge is 2.35. The minimum atomic E-state index is 0.282. The van der Waals surface area contributed by atoms with Gasteiger partial charge in [0.1, 0.15) is 0 Å². The van der Waals surface area contributed by atoms with E-state index in [9.17, 15) is 4.79 Å². The molecule has 1 aromatic heterocycles. The van der Waals surface area contributed by atoms with Gasteiger partial charge in [-0.1, -0.05) is 19.3 Å². The van der Waals surface area contributed by atoms with Gasteiger partial charge >= 0.3 is 0 Å². The summed E-state index contributed by atoms with van der Waals surface area (Å²) in [6, 6.07) is 2.79. The van der Waals surface area contributed by atoms with E-state index in [1.807, 2.05) is 0 Å². The first-order valence-electron chi connectivity index (χ1n) is 9.13. The lowest BCUT2D eigenvalue weighted by molar-refractivity contribution is 0.0520. The van der Waals surface area contributed by atoms with Gasteiger partial charge in [0.05, 0.1) is 5.56 Å². The minimum absolute atomic E-state index is 0.282. The van der Waals surface area contributed by atoms with Crippen molar-refractivity contribution in [2.75, 3.05) is 13.1 Å². The molecule has 22 heavy (non-hydrogen) atoms. The second-order valence-corrected chi connectivity index (χ2v) is 7.73. The van der Waals surface area contributed by atoms with Crippen LogP contribution in [0.5, 0.6) is 0 Å². The third-order valence-corrected chi connectivity index (χ3v) is 6.21. The first-order valence-corrected chi connectivity index (χ1v) is 9.13. The van der Waals surface area contributed by atoms with Crippen LogP contribution in [0.3, 0.4) is 0 Å². The Morgan fingerprint density at radius 3 is 2.50 bits per heavy atom. The highest BCUT2D eigenvalue weighted by atomic mass is 16.2. The number of piperidine rings is 1. The van der Waals surface area contributed by atoms with Crippen LogP contribution in [0.25, 0.3) is 0 Å². The van der Waals surface area contributed by atoms with Gasteiger partial charge in [0.2, 0.25) is 0 Å². The molecule has 0 radical (unpaired) electrons. The summed E-state index contributed by atoms with van der Waals surface area (Å²) in [5, 5.41) is 0. The van der Waals surface area contributed by atoms with E-state index in [1.54, 1.807) is 0 Å². The molecule has 3 heteroatoms. The van der Waals surface area contributed by atoms with E-state index in [-0.39, 0.29) is 5.91 Å². The summed E-state index contributed by atoms with van der Waals surface area (Å²) in [6.45, 7) is 6.24. The first-order chi connectivity index (χ1) is 10.6. The van der Waals surface area contributed by atoms with Crippen molar-refractivity contribution in [2.24, 2.45) is 11.8 Å². The van der Waals surface area contributed by atoms with Gasteiger partial charge in [0.25, 0.3) is 5.91 Å². The van der Waals surface area contributed by atoms with Gasteiger partial charge in [-0.25, -0.2) is 0 Å². The van der Waals surface area contributed by atoms with E-state index in [4.69, 9.17) is 0 Å². The van der Waals surface area contributed by atoms with Gasteiger partial charge in [-0.05, 0) is 57.4 Å². The molecule has 3 fully saturated rings. The van der Waals surface area contributed by atoms with Crippen molar-refractivity contribution in [2.45, 2.75) is 64.8 Å². The van der Waals surface area contributed by atoms with Crippen LogP contribution in [0.1, 0.15) is 72.7 Å². The largest absolute Gasteiger partial charge is 0.345 e. The van der Waals surface area contributed by atoms with E-state index in [2.05, 4.69) is 29.4 Å². The van der Waals surface area contributed by atoms with Crippen molar-refractivity contribution in [3.63, 3.8) is 0 Å². The van der Waals surface area contributed by atoms with Crippen molar-refractivity contribution >= 4 is 5.91 Å². The van der Waals surface area contributed by atoms with Gasteiger partial charge in [-0.15, -0.1) is 0 Å². The Bertz CT molecular complexity index is 585. The number of hydrogen-bond acceptors (Lipinski definition) is 1. The Hall–Kier alpha value is -1.25. The third kappa shape index (κ3) is 2.39. The second-order valence-electron chi connectivity index (χ2n) is 7.73. The van der Waals surface area contributed by atoms with Crippen LogP contribution in [0, 0.1) is 25.7 Å². The quantitative estimate of drug-likeness (QED) is 0.807. The maximum Gasteiger partial charge on any atom is 0.255 e. The van der Waals surface area contributed by atoms with Crippen LogP contribution >= 0.6 is 0 Å². The van der Waals surface area contributed by atoms with E-state index < -0.39 is 0 Å². The molecule has 1 saturated heterocycles. The van der Waals surface area contributed by atoms with Gasteiger partial charge in [0, 0.05) is 30.5 Å². The Morgan fingerprint density at radius 1 is 1.05 bits per heavy atom. The molecule has 0 N–H and O–H groups in total. The van der Waals surface area contributed by atoms with E-state index in [0.29, 0.717) is 6.04 Å². The van der Waals surface area contributed by atoms with E-state index >= 15 is 0 Å². The maximum absolute atomic E-state index is 13.0. The number of nitrogens with zero attached hydrogens (tertiary/aromatic N) is 2. The lowest BCUT2D eigenvalue weighted by atomic mass is 9.75. The predicted molar refractivity (Wildman–Crippen MR) is 88.1 cm³/mol. The summed E-state index contributed by atoms with van der Waals surface area (Å²) in [7, 11) is 0. The molecule has 1 aromatic rings. The molecule has 3 nitrogen and oxygen atoms in total. The number of carbonyl (C=O) groups is 1. The fraction of sp³-hybridized carbons (Fsp3) is 0.737. The second kappa shape index (κ2) is 5.43. The van der Waals surface area contributed by atoms with Crippen molar-refractivity contribution < 1.29 is 4.79 Å². The Morgan fingerprint density at radius 2 is 1.77 bits per heavy atom. The highest BCUT2D eigenvalue weighted by molar-refractivity contribution is 5.95. The SMILES string of the molecule is Cc1cc(C(=O)N2CC[C@@H]3CCCC[C@H]3C2)c(C)n1C1CC1. The van der Waals surface area contributed by atoms with E-state index in [0.717, 1.165) is 30.5 Å². The Balaban J connectivity index is 1.53. The minimum Gasteiger partial charge on any atom is -0.345 e. The smallest absolute Gasteiger partial charge is 0.255 e. The standard InChI is InChI=1S/C19H28N2O/c1-13-11-18(14(2)21(13)17-7-8-17)19(22)20-10-9-15-5-3-4-6-16(15)12-20/h11,15-17H,3-10,12H2,1-2H3/t15-,16-/m0/s1. The van der Waals surface area contributed by atoms with E-state index in [1.165, 1.54) is 56.3 Å². The summed E-state index contributed by atoms with van der Waals surface area (Å²) in [5.41, 5.74) is 3.41. The normalized spacial score (nSPS) is 28.5. The van der Waals surface area contributed by atoms with Gasteiger partial charge in [-0.3, -0.25) is 4.79 Å². The summed E-state index contributed by atoms with van der Waals surface area (Å²) in [5.74, 6) is 1.93. The topological polar surface area (TPSA) is 25.2 Å². The zero-order valence-corrected chi connectivity index (χ0v) is 14.0. The van der Waals surface area contributed by atoms with Crippen LogP contribution in [0.2, 0.25) is 0 Å². The summed E-state index contributed by atoms with van der Waals surface area (Å²) < 4.78 is 2.39. The molecule has 2 saturated carbocycles. The number of rotatable bonds is 2. The van der Waals surface area contributed by atoms with Crippen molar-refractivity contribution in [3.05, 3.63) is 23.0 Å². The number of amides is 1. The number of aromatic nitrogens is 1. The Labute approximate surface area is 133 Å².